The highest BCUT2D eigenvalue weighted by molar-refractivity contribution is 6.00. The third-order valence-corrected chi connectivity index (χ3v) is 15.7. The Morgan fingerprint density at radius 2 is 0.846 bits per heavy atom. The van der Waals surface area contributed by atoms with Crippen LogP contribution in [-0.4, -0.2) is 233 Å². The predicted molar refractivity (Wildman–Crippen MR) is 375 cm³/mol. The summed E-state index contributed by atoms with van der Waals surface area (Å²) < 4.78 is 0. The number of nitrogens with two attached hydrogens (primary N) is 5. The minimum absolute atomic E-state index is 0.00602. The number of aliphatic imine (C=N–C) groups is 1. The van der Waals surface area contributed by atoms with E-state index in [1.807, 2.05) is 0 Å². The molecule has 0 aliphatic carbocycles. The highest BCUT2D eigenvalue weighted by atomic mass is 16.3. The summed E-state index contributed by atoms with van der Waals surface area (Å²) in [6.07, 6.45) is -2.00. The third kappa shape index (κ3) is 33.6. The quantitative estimate of drug-likeness (QED) is 0.0166. The smallest absolute Gasteiger partial charge is 0.245 e. The Morgan fingerprint density at radius 1 is 0.433 bits per heavy atom. The van der Waals surface area contributed by atoms with Gasteiger partial charge in [0.15, 0.2) is 5.96 Å². The van der Waals surface area contributed by atoms with Crippen LogP contribution in [0, 0.1) is 11.8 Å². The number of carbonyl (C=O) groups excluding carboxylic acids is 15. The number of benzene rings is 2. The normalized spacial score (nSPS) is 14.8. The van der Waals surface area contributed by atoms with Gasteiger partial charge in [-0.15, -0.1) is 0 Å². The number of hydrogen-bond donors (Lipinski definition) is 22. The number of carbonyl (C=O) groups is 15. The van der Waals surface area contributed by atoms with Crippen molar-refractivity contribution in [2.45, 2.75) is 191 Å². The molecule has 0 aliphatic heterocycles. The lowest BCUT2D eigenvalue weighted by Crippen LogP contribution is -2.62. The second kappa shape index (κ2) is 46.9. The molecule has 2 rings (SSSR count). The zero-order valence-electron chi connectivity index (χ0n) is 59.5. The van der Waals surface area contributed by atoms with Gasteiger partial charge < -0.3 is 118 Å². The summed E-state index contributed by atoms with van der Waals surface area (Å²) in [6, 6.07) is -1.27. The minimum Gasteiger partial charge on any atom is -0.394 e. The van der Waals surface area contributed by atoms with Gasteiger partial charge >= 0.3 is 0 Å². The summed E-state index contributed by atoms with van der Waals surface area (Å²) in [6.45, 7) is 6.11. The number of rotatable bonds is 48. The van der Waals surface area contributed by atoms with Gasteiger partial charge in [0.05, 0.1) is 32.5 Å². The number of hydrogen-bond acceptors (Lipinski definition) is 21. The van der Waals surface area contributed by atoms with Crippen molar-refractivity contribution in [1.82, 2.24) is 69.1 Å². The van der Waals surface area contributed by atoms with E-state index in [2.05, 4.69) is 74.1 Å². The predicted octanol–water partition coefficient (Wildman–Crippen LogP) is -8.56. The van der Waals surface area contributed by atoms with Gasteiger partial charge in [-0.05, 0) is 88.3 Å². The van der Waals surface area contributed by atoms with Crippen LogP contribution in [-0.2, 0) is 84.8 Å². The Morgan fingerprint density at radius 3 is 1.32 bits per heavy atom. The first-order chi connectivity index (χ1) is 49.0. The number of unbranched alkanes of at least 4 members (excludes halogenated alkanes) is 1. The fraction of sp³-hybridized carbons (Fsp3) is 0.576. The second-order valence-corrected chi connectivity index (χ2v) is 25.4. The third-order valence-electron chi connectivity index (χ3n) is 15.7. The number of amides is 15. The summed E-state index contributed by atoms with van der Waals surface area (Å²) in [7, 11) is 0. The van der Waals surface area contributed by atoms with Crippen LogP contribution in [0.3, 0.4) is 0 Å². The molecule has 104 heavy (non-hydrogen) atoms. The van der Waals surface area contributed by atoms with E-state index in [0.717, 1.165) is 13.8 Å². The van der Waals surface area contributed by atoms with Crippen molar-refractivity contribution in [1.29, 1.82) is 0 Å². The van der Waals surface area contributed by atoms with E-state index in [1.165, 1.54) is 20.8 Å². The average Bonchev–Trinajstić information content (AvgIpc) is 0.844. The molecule has 38 heteroatoms. The van der Waals surface area contributed by atoms with Crippen LogP contribution in [0.1, 0.15) is 111 Å². The van der Waals surface area contributed by atoms with Gasteiger partial charge in [-0.1, -0.05) is 88.4 Å². The largest absolute Gasteiger partial charge is 0.394 e. The maximum atomic E-state index is 14.4. The van der Waals surface area contributed by atoms with Crippen molar-refractivity contribution >= 4 is 94.6 Å². The zero-order valence-corrected chi connectivity index (χ0v) is 59.5. The molecule has 27 N–H and O–H groups in total. The number of nitrogens with one attached hydrogen (secondary N) is 13. The van der Waals surface area contributed by atoms with Crippen molar-refractivity contribution in [3.05, 3.63) is 71.8 Å². The standard InChI is InChI=1S/C66H105N19O19/c1-34(2)27-45(81-64(103)52(35(3)4)84-55(94)36(5)74-62(101)49(33-88)83-65(104)53(37(6)89)85-63(102)48(32-87)75-38(7)90)60(99)79-43(23-24-50(68)91)59(98)82-47(31-86)56(95)73-30-51(92)76-46(29-40-19-12-9-13-20-40)61(100)78-42(22-16-26-72-66(70)71)57(96)77-41(21-14-15-25-67)58(97)80-44(54(69)93)28-39-17-10-8-11-18-39/h8-13,17-20,34-37,41-49,52-53,86-89H,14-16,21-33,67H2,1-7H3,(H2,68,91)(H2,69,93)(H,73,95)(H,74,101)(H,75,90)(H,76,92)(H,77,96)(H,78,100)(H,79,99)(H,80,97)(H,81,103)(H,82,98)(H,83,104)(H,84,94)(H,85,102)(H4,70,71,72)/t36-,37+,41-,42-,43-,44-,45-,46-,47-,48-,49-,52-,53-/m0/s1. The van der Waals surface area contributed by atoms with E-state index >= 15 is 0 Å². The lowest BCUT2D eigenvalue weighted by Gasteiger charge is -2.29. The van der Waals surface area contributed by atoms with Crippen molar-refractivity contribution in [2.75, 3.05) is 39.5 Å². The SMILES string of the molecule is CC(=O)N[C@@H](CO)C(=O)N[C@H](C(=O)N[C@@H](CO)C(=O)N[C@@H](C)C(=O)N[C@H](C(=O)N[C@@H](CC(C)C)C(=O)N[C@@H](CCC(N)=O)C(=O)N[C@@H](CO)C(=O)NCC(=O)N[C@@H](Cc1ccccc1)C(=O)N[C@@H](CCCN=C(N)N)C(=O)N[C@@H](CCCCN)C(=O)N[C@@H](Cc1ccccc1)C(N)=O)C(C)C)[C@@H](C)O. The molecule has 0 saturated carbocycles. The van der Waals surface area contributed by atoms with Crippen molar-refractivity contribution in [2.24, 2.45) is 45.5 Å². The molecule has 0 aromatic heterocycles. The Hall–Kier alpha value is -10.4. The number of nitrogens with zero attached hydrogens (tertiary/aromatic N) is 1. The number of aliphatic hydroxyl groups excluding tert-OH is 4. The summed E-state index contributed by atoms with van der Waals surface area (Å²) in [5, 5.41) is 71.4. The maximum Gasteiger partial charge on any atom is 0.245 e. The topological polar surface area (TPSA) is 636 Å². The lowest BCUT2D eigenvalue weighted by atomic mass is 9.99. The number of primary amides is 2. The molecule has 0 spiro atoms. The molecule has 0 heterocycles. The summed E-state index contributed by atoms with van der Waals surface area (Å²) in [5.74, 6) is -15.9. The molecule has 2 aromatic carbocycles. The molecule has 15 amide bonds. The Balaban J connectivity index is 2.32. The van der Waals surface area contributed by atoms with E-state index in [1.54, 1.807) is 74.5 Å². The summed E-state index contributed by atoms with van der Waals surface area (Å²) in [4.78, 5) is 205. The molecule has 2 aromatic rings. The maximum absolute atomic E-state index is 14.4. The van der Waals surface area contributed by atoms with Crippen LogP contribution in [0.5, 0.6) is 0 Å². The number of guanidine groups is 1. The summed E-state index contributed by atoms with van der Waals surface area (Å²) >= 11 is 0. The molecule has 0 bridgehead atoms. The lowest BCUT2D eigenvalue weighted by molar-refractivity contribution is -0.137. The molecular weight excluding hydrogens is 1360 g/mol. The zero-order chi connectivity index (χ0) is 78.3. The van der Waals surface area contributed by atoms with E-state index < -0.39 is 212 Å². The molecule has 0 radical (unpaired) electrons. The molecule has 13 atom stereocenters. The van der Waals surface area contributed by atoms with E-state index in [9.17, 15) is 92.3 Å². The fourth-order valence-electron chi connectivity index (χ4n) is 10.0. The van der Waals surface area contributed by atoms with Gasteiger partial charge in [0.2, 0.25) is 88.6 Å². The average molecular weight is 1470 g/mol. The molecule has 578 valence electrons. The molecule has 0 fully saturated rings. The van der Waals surface area contributed by atoms with Crippen LogP contribution in [0.15, 0.2) is 65.7 Å². The van der Waals surface area contributed by atoms with Gasteiger partial charge in [-0.2, -0.15) is 0 Å². The Kier molecular flexibility index (Phi) is 40.5. The summed E-state index contributed by atoms with van der Waals surface area (Å²) in [5.41, 5.74) is 29.1. The Labute approximate surface area is 602 Å². The van der Waals surface area contributed by atoms with Crippen molar-refractivity contribution < 1.29 is 92.3 Å². The van der Waals surface area contributed by atoms with Gasteiger partial charge in [-0.25, -0.2) is 0 Å². The van der Waals surface area contributed by atoms with Crippen molar-refractivity contribution in [3.63, 3.8) is 0 Å². The van der Waals surface area contributed by atoms with Crippen LogP contribution < -0.4 is 97.8 Å². The second-order valence-electron chi connectivity index (χ2n) is 25.4. The highest BCUT2D eigenvalue weighted by Crippen LogP contribution is 2.13. The van der Waals surface area contributed by atoms with Crippen LogP contribution in [0.4, 0.5) is 0 Å². The van der Waals surface area contributed by atoms with Gasteiger partial charge in [0.1, 0.15) is 72.5 Å². The van der Waals surface area contributed by atoms with Crippen LogP contribution >= 0.6 is 0 Å². The van der Waals surface area contributed by atoms with Gasteiger partial charge in [-0.3, -0.25) is 76.9 Å². The van der Waals surface area contributed by atoms with Gasteiger partial charge in [0.25, 0.3) is 0 Å². The Bertz CT molecular complexity index is 3230. The first-order valence-electron chi connectivity index (χ1n) is 33.9. The van der Waals surface area contributed by atoms with Crippen LogP contribution in [0.2, 0.25) is 0 Å². The minimum atomic E-state index is -1.84. The molecular formula is C66H105N19O19. The van der Waals surface area contributed by atoms with E-state index in [-0.39, 0.29) is 63.5 Å². The monoisotopic (exact) mass is 1470 g/mol. The first-order valence-corrected chi connectivity index (χ1v) is 33.9. The van der Waals surface area contributed by atoms with Crippen LogP contribution in [0.25, 0.3) is 0 Å². The molecule has 38 nitrogen and oxygen atoms in total. The first kappa shape index (κ1) is 89.6. The van der Waals surface area contributed by atoms with E-state index in [4.69, 9.17) is 28.7 Å². The molecule has 0 saturated heterocycles. The van der Waals surface area contributed by atoms with Gasteiger partial charge in [0, 0.05) is 32.7 Å². The fourth-order valence-corrected chi connectivity index (χ4v) is 10.0. The molecule has 0 unspecified atom stereocenters. The number of aliphatic hydroxyl groups is 4. The molecule has 0 aliphatic rings. The van der Waals surface area contributed by atoms with E-state index in [0.29, 0.717) is 24.0 Å². The van der Waals surface area contributed by atoms with Crippen molar-refractivity contribution in [3.8, 4) is 0 Å². The highest BCUT2D eigenvalue weighted by Gasteiger charge is 2.37.